The lowest BCUT2D eigenvalue weighted by Crippen LogP contribution is -2.47. The van der Waals surface area contributed by atoms with Crippen LogP contribution >= 0.6 is 15.9 Å². The molecule has 1 aliphatic rings. The van der Waals surface area contributed by atoms with E-state index >= 15 is 0 Å². The van der Waals surface area contributed by atoms with Crippen molar-refractivity contribution < 1.29 is 0 Å². The Labute approximate surface area is 112 Å². The van der Waals surface area contributed by atoms with Crippen LogP contribution < -0.4 is 5.32 Å². The Bertz CT molecular complexity index is 403. The van der Waals surface area contributed by atoms with Crippen LogP contribution in [0.4, 0.5) is 0 Å². The molecule has 0 radical (unpaired) electrons. The van der Waals surface area contributed by atoms with Crippen molar-refractivity contribution in [3.63, 3.8) is 0 Å². The summed E-state index contributed by atoms with van der Waals surface area (Å²) in [6, 6.07) is 0. The Balaban J connectivity index is 2.29. The Hall–Kier alpha value is -0.350. The van der Waals surface area contributed by atoms with E-state index in [1.165, 1.54) is 23.0 Å². The molecular weight excluding hydrogens is 278 g/mol. The van der Waals surface area contributed by atoms with Gasteiger partial charge in [-0.15, -0.1) is 0 Å². The summed E-state index contributed by atoms with van der Waals surface area (Å²) < 4.78 is 3.19. The molecule has 0 bridgehead atoms. The van der Waals surface area contributed by atoms with E-state index < -0.39 is 0 Å². The number of hydrogen-bond donors (Lipinski definition) is 1. The van der Waals surface area contributed by atoms with Crippen molar-refractivity contribution in [2.45, 2.75) is 45.6 Å². The highest BCUT2D eigenvalue weighted by Crippen LogP contribution is 2.34. The molecule has 96 valence electrons. The minimum Gasteiger partial charge on any atom is -0.311 e. The van der Waals surface area contributed by atoms with E-state index in [9.17, 15) is 0 Å². The number of hydrogen-bond acceptors (Lipinski definition) is 2. The molecule has 0 spiro atoms. The first-order valence-electron chi connectivity index (χ1n) is 6.39. The zero-order valence-electron chi connectivity index (χ0n) is 11.2. The van der Waals surface area contributed by atoms with E-state index in [4.69, 9.17) is 0 Å². The van der Waals surface area contributed by atoms with Crippen molar-refractivity contribution in [3.05, 3.63) is 15.9 Å². The zero-order valence-corrected chi connectivity index (χ0v) is 12.8. The third kappa shape index (κ3) is 2.29. The number of rotatable bonds is 3. The maximum Gasteiger partial charge on any atom is 0.0738 e. The van der Waals surface area contributed by atoms with E-state index in [-0.39, 0.29) is 5.54 Å². The first-order valence-corrected chi connectivity index (χ1v) is 7.18. The van der Waals surface area contributed by atoms with E-state index in [1.807, 2.05) is 11.7 Å². The fourth-order valence-electron chi connectivity index (χ4n) is 2.85. The summed E-state index contributed by atoms with van der Waals surface area (Å²) in [5.41, 5.74) is 2.65. The number of aromatic nitrogens is 2. The molecule has 1 saturated heterocycles. The second kappa shape index (κ2) is 4.73. The second-order valence-corrected chi connectivity index (χ2v) is 6.28. The molecule has 1 atom stereocenters. The van der Waals surface area contributed by atoms with E-state index in [0.717, 1.165) is 18.7 Å². The standard InChI is InChI=1S/C13H22BrN3/c1-9(2)13(6-5-7-15-13)8-11-12(14)10(3)16-17(11)4/h9,15H,5-8H2,1-4H3. The van der Waals surface area contributed by atoms with Crippen molar-refractivity contribution in [1.29, 1.82) is 0 Å². The quantitative estimate of drug-likeness (QED) is 0.930. The second-order valence-electron chi connectivity index (χ2n) is 5.49. The van der Waals surface area contributed by atoms with Gasteiger partial charge in [0.1, 0.15) is 0 Å². The summed E-state index contributed by atoms with van der Waals surface area (Å²) in [6.07, 6.45) is 3.61. The van der Waals surface area contributed by atoms with Crippen LogP contribution in [-0.2, 0) is 13.5 Å². The molecule has 0 aliphatic carbocycles. The summed E-state index contributed by atoms with van der Waals surface area (Å²) in [4.78, 5) is 0. The summed E-state index contributed by atoms with van der Waals surface area (Å²) in [7, 11) is 2.04. The van der Waals surface area contributed by atoms with Gasteiger partial charge in [-0.1, -0.05) is 13.8 Å². The normalized spacial score (nSPS) is 24.8. The molecule has 1 N–H and O–H groups in total. The molecule has 1 fully saturated rings. The van der Waals surface area contributed by atoms with E-state index in [0.29, 0.717) is 5.92 Å². The largest absolute Gasteiger partial charge is 0.311 e. The Morgan fingerprint density at radius 1 is 1.53 bits per heavy atom. The minimum absolute atomic E-state index is 0.253. The Morgan fingerprint density at radius 3 is 2.65 bits per heavy atom. The van der Waals surface area contributed by atoms with Gasteiger partial charge in [-0.05, 0) is 48.2 Å². The highest BCUT2D eigenvalue weighted by molar-refractivity contribution is 9.10. The van der Waals surface area contributed by atoms with Crippen LogP contribution in [0.3, 0.4) is 0 Å². The summed E-state index contributed by atoms with van der Waals surface area (Å²) in [5.74, 6) is 0.645. The molecule has 0 aromatic carbocycles. The van der Waals surface area contributed by atoms with Gasteiger partial charge in [-0.3, -0.25) is 4.68 Å². The highest BCUT2D eigenvalue weighted by Gasteiger charge is 2.38. The molecular formula is C13H22BrN3. The molecule has 1 aromatic rings. The van der Waals surface area contributed by atoms with Gasteiger partial charge in [0.05, 0.1) is 15.9 Å². The predicted octanol–water partition coefficient (Wildman–Crippen LogP) is 2.81. The fraction of sp³-hybridized carbons (Fsp3) is 0.769. The van der Waals surface area contributed by atoms with Gasteiger partial charge in [-0.25, -0.2) is 0 Å². The topological polar surface area (TPSA) is 29.9 Å². The van der Waals surface area contributed by atoms with Gasteiger partial charge in [0.25, 0.3) is 0 Å². The molecule has 0 saturated carbocycles. The lowest BCUT2D eigenvalue weighted by atomic mass is 9.81. The van der Waals surface area contributed by atoms with Gasteiger partial charge in [0, 0.05) is 19.0 Å². The molecule has 17 heavy (non-hydrogen) atoms. The van der Waals surface area contributed by atoms with Crippen LogP contribution in [-0.4, -0.2) is 21.9 Å². The van der Waals surface area contributed by atoms with Crippen molar-refractivity contribution >= 4 is 15.9 Å². The van der Waals surface area contributed by atoms with Gasteiger partial charge in [-0.2, -0.15) is 5.10 Å². The molecule has 1 unspecified atom stereocenters. The monoisotopic (exact) mass is 299 g/mol. The molecule has 2 rings (SSSR count). The average molecular weight is 300 g/mol. The SMILES string of the molecule is Cc1nn(C)c(CC2(C(C)C)CCCN2)c1Br. The predicted molar refractivity (Wildman–Crippen MR) is 74.2 cm³/mol. The van der Waals surface area contributed by atoms with Crippen LogP contribution in [0, 0.1) is 12.8 Å². The Kier molecular flexibility index (Phi) is 3.64. The minimum atomic E-state index is 0.253. The summed E-state index contributed by atoms with van der Waals surface area (Å²) >= 11 is 3.67. The fourth-order valence-corrected chi connectivity index (χ4v) is 3.32. The van der Waals surface area contributed by atoms with Gasteiger partial charge in [0.2, 0.25) is 0 Å². The van der Waals surface area contributed by atoms with Gasteiger partial charge >= 0.3 is 0 Å². The number of nitrogens with zero attached hydrogens (tertiary/aromatic N) is 2. The average Bonchev–Trinajstić information content (AvgIpc) is 2.81. The van der Waals surface area contributed by atoms with Crippen molar-refractivity contribution in [2.75, 3.05) is 6.54 Å². The molecule has 4 heteroatoms. The highest BCUT2D eigenvalue weighted by atomic mass is 79.9. The zero-order chi connectivity index (χ0) is 12.6. The van der Waals surface area contributed by atoms with Crippen LogP contribution in [0.1, 0.15) is 38.1 Å². The maximum absolute atomic E-state index is 4.49. The van der Waals surface area contributed by atoms with Crippen LogP contribution in [0.15, 0.2) is 4.47 Å². The lowest BCUT2D eigenvalue weighted by molar-refractivity contribution is 0.264. The molecule has 2 heterocycles. The molecule has 1 aliphatic heterocycles. The van der Waals surface area contributed by atoms with E-state index in [1.54, 1.807) is 0 Å². The third-order valence-electron chi connectivity index (χ3n) is 4.13. The van der Waals surface area contributed by atoms with Crippen LogP contribution in [0.2, 0.25) is 0 Å². The first-order chi connectivity index (χ1) is 7.96. The molecule has 3 nitrogen and oxygen atoms in total. The molecule has 0 amide bonds. The van der Waals surface area contributed by atoms with Crippen molar-refractivity contribution in [2.24, 2.45) is 13.0 Å². The number of aryl methyl sites for hydroxylation is 2. The van der Waals surface area contributed by atoms with Crippen LogP contribution in [0.25, 0.3) is 0 Å². The first kappa shape index (κ1) is 13.1. The smallest absolute Gasteiger partial charge is 0.0738 e. The number of halogens is 1. The number of nitrogens with one attached hydrogen (secondary N) is 1. The Morgan fingerprint density at radius 2 is 2.24 bits per heavy atom. The van der Waals surface area contributed by atoms with Crippen molar-refractivity contribution in [1.82, 2.24) is 15.1 Å². The lowest BCUT2D eigenvalue weighted by Gasteiger charge is -2.34. The maximum atomic E-state index is 4.49. The van der Waals surface area contributed by atoms with Crippen LogP contribution in [0.5, 0.6) is 0 Å². The molecule has 1 aromatic heterocycles. The van der Waals surface area contributed by atoms with Crippen molar-refractivity contribution in [3.8, 4) is 0 Å². The summed E-state index contributed by atoms with van der Waals surface area (Å²) in [5, 5.41) is 8.20. The van der Waals surface area contributed by atoms with Gasteiger partial charge < -0.3 is 5.32 Å². The van der Waals surface area contributed by atoms with E-state index in [2.05, 4.69) is 47.1 Å². The summed E-state index contributed by atoms with van der Waals surface area (Å²) in [6.45, 7) is 7.83. The van der Waals surface area contributed by atoms with Gasteiger partial charge in [0.15, 0.2) is 0 Å². The third-order valence-corrected chi connectivity index (χ3v) is 5.16.